The molecule has 8 heteroatoms. The van der Waals surface area contributed by atoms with Crippen molar-refractivity contribution in [1.29, 1.82) is 0 Å². The zero-order valence-corrected chi connectivity index (χ0v) is 18.1. The molecule has 0 unspecified atom stereocenters. The van der Waals surface area contributed by atoms with Gasteiger partial charge in [0.1, 0.15) is 24.0 Å². The molecule has 0 bridgehead atoms. The molecule has 0 saturated carbocycles. The van der Waals surface area contributed by atoms with Crippen LogP contribution in [-0.2, 0) is 9.53 Å². The van der Waals surface area contributed by atoms with E-state index in [1.165, 1.54) is 26.3 Å². The Balaban J connectivity index is 2.04. The van der Waals surface area contributed by atoms with Gasteiger partial charge in [-0.2, -0.15) is 0 Å². The number of rotatable bonds is 10. The first kappa shape index (κ1) is 23.7. The third-order valence-electron chi connectivity index (χ3n) is 4.69. The molecule has 0 spiro atoms. The lowest BCUT2D eigenvalue weighted by Crippen LogP contribution is -2.44. The summed E-state index contributed by atoms with van der Waals surface area (Å²) in [5.41, 5.74) is -0.252. The maximum Gasteiger partial charge on any atom is 0.328 e. The van der Waals surface area contributed by atoms with Crippen molar-refractivity contribution >= 4 is 11.9 Å². The number of amides is 1. The molecule has 0 radical (unpaired) electrons. The van der Waals surface area contributed by atoms with Crippen LogP contribution in [0.3, 0.4) is 0 Å². The van der Waals surface area contributed by atoms with Crippen molar-refractivity contribution in [3.8, 4) is 17.2 Å². The van der Waals surface area contributed by atoms with Crippen LogP contribution in [0.15, 0.2) is 55.3 Å². The second kappa shape index (κ2) is 11.0. The van der Waals surface area contributed by atoms with E-state index in [2.05, 4.69) is 16.9 Å². The van der Waals surface area contributed by atoms with Crippen LogP contribution in [0.4, 0.5) is 0 Å². The van der Waals surface area contributed by atoms with Crippen LogP contribution in [0.2, 0.25) is 0 Å². The van der Waals surface area contributed by atoms with E-state index in [1.54, 1.807) is 13.0 Å². The van der Waals surface area contributed by atoms with E-state index < -0.39 is 35.9 Å². The molecule has 2 aromatic rings. The number of nitrogens with zero attached hydrogens (tertiary/aromatic N) is 1. The number of hydrogen-bond acceptors (Lipinski definition) is 7. The zero-order chi connectivity index (χ0) is 23.0. The van der Waals surface area contributed by atoms with Gasteiger partial charge in [0.25, 0.3) is 5.91 Å². The maximum atomic E-state index is 12.6. The van der Waals surface area contributed by atoms with Gasteiger partial charge in [0, 0.05) is 18.2 Å². The van der Waals surface area contributed by atoms with E-state index in [0.29, 0.717) is 5.75 Å². The van der Waals surface area contributed by atoms with Crippen LogP contribution in [0.25, 0.3) is 0 Å². The van der Waals surface area contributed by atoms with Crippen molar-refractivity contribution in [2.24, 2.45) is 5.92 Å². The average molecular weight is 428 g/mol. The van der Waals surface area contributed by atoms with Crippen molar-refractivity contribution in [3.05, 3.63) is 60.9 Å². The SMILES string of the molecule is C=C[C@H](C)[C@@H](Oc1ccccc1)[C@H](C)OC(=O)[C@H](C)NC(=O)c1nccc(OC)c1O. The normalized spacial score (nSPS) is 14.5. The van der Waals surface area contributed by atoms with E-state index in [4.69, 9.17) is 14.2 Å². The van der Waals surface area contributed by atoms with E-state index >= 15 is 0 Å². The number of aromatic hydroxyl groups is 1. The molecule has 0 aliphatic rings. The first-order chi connectivity index (χ1) is 14.8. The van der Waals surface area contributed by atoms with Gasteiger partial charge in [-0.15, -0.1) is 6.58 Å². The Morgan fingerprint density at radius 1 is 1.16 bits per heavy atom. The largest absolute Gasteiger partial charge is 0.503 e. The predicted molar refractivity (Wildman–Crippen MR) is 115 cm³/mol. The molecule has 0 saturated heterocycles. The fourth-order valence-corrected chi connectivity index (χ4v) is 2.86. The van der Waals surface area contributed by atoms with Crippen LogP contribution in [-0.4, -0.2) is 47.3 Å². The van der Waals surface area contributed by atoms with Gasteiger partial charge in [0.15, 0.2) is 17.2 Å². The third-order valence-corrected chi connectivity index (χ3v) is 4.69. The first-order valence-electron chi connectivity index (χ1n) is 9.86. The Labute approximate surface area is 181 Å². The lowest BCUT2D eigenvalue weighted by molar-refractivity contribution is -0.155. The lowest BCUT2D eigenvalue weighted by Gasteiger charge is -2.29. The van der Waals surface area contributed by atoms with Crippen LogP contribution >= 0.6 is 0 Å². The van der Waals surface area contributed by atoms with Gasteiger partial charge in [-0.1, -0.05) is 31.2 Å². The molecule has 2 rings (SSSR count). The summed E-state index contributed by atoms with van der Waals surface area (Å²) in [5.74, 6) is -1.15. The van der Waals surface area contributed by atoms with Crippen molar-refractivity contribution in [2.45, 2.75) is 39.0 Å². The third kappa shape index (κ3) is 6.21. The van der Waals surface area contributed by atoms with Crippen molar-refractivity contribution in [3.63, 3.8) is 0 Å². The molecule has 0 fully saturated rings. The fraction of sp³-hybridized carbons (Fsp3) is 0.348. The van der Waals surface area contributed by atoms with Crippen molar-refractivity contribution < 1.29 is 28.9 Å². The number of para-hydroxylation sites is 1. The van der Waals surface area contributed by atoms with Crippen molar-refractivity contribution in [2.75, 3.05) is 7.11 Å². The quantitative estimate of drug-likeness (QED) is 0.442. The summed E-state index contributed by atoms with van der Waals surface area (Å²) >= 11 is 0. The Bertz CT molecular complexity index is 902. The molecule has 31 heavy (non-hydrogen) atoms. The fourth-order valence-electron chi connectivity index (χ4n) is 2.86. The van der Waals surface area contributed by atoms with Crippen LogP contribution in [0.1, 0.15) is 31.3 Å². The second-order valence-electron chi connectivity index (χ2n) is 7.04. The van der Waals surface area contributed by atoms with Gasteiger partial charge >= 0.3 is 5.97 Å². The first-order valence-corrected chi connectivity index (χ1v) is 9.86. The second-order valence-corrected chi connectivity index (χ2v) is 7.04. The summed E-state index contributed by atoms with van der Waals surface area (Å²) < 4.78 is 16.5. The average Bonchev–Trinajstić information content (AvgIpc) is 2.77. The molecule has 0 aliphatic heterocycles. The molecule has 1 amide bonds. The standard InChI is InChI=1S/C23H28N2O6/c1-6-14(2)21(31-17-10-8-7-9-11-17)16(4)30-23(28)15(3)25-22(27)19-20(26)18(29-5)12-13-24-19/h6-16,21,26H,1H2,2-5H3,(H,25,27)/t14-,15-,16-,21+/m0/s1. The number of ether oxygens (including phenoxy) is 3. The molecular weight excluding hydrogens is 400 g/mol. The molecule has 0 aliphatic carbocycles. The number of pyridine rings is 1. The topological polar surface area (TPSA) is 107 Å². The summed E-state index contributed by atoms with van der Waals surface area (Å²) in [6.07, 6.45) is 1.94. The predicted octanol–water partition coefficient (Wildman–Crippen LogP) is 3.12. The van der Waals surface area contributed by atoms with Gasteiger partial charge in [0.2, 0.25) is 0 Å². The van der Waals surface area contributed by atoms with Gasteiger partial charge in [0.05, 0.1) is 7.11 Å². The minimum atomic E-state index is -0.987. The Morgan fingerprint density at radius 3 is 2.45 bits per heavy atom. The number of carbonyl (C=O) groups is 2. The zero-order valence-electron chi connectivity index (χ0n) is 18.1. The Morgan fingerprint density at radius 2 is 1.84 bits per heavy atom. The number of esters is 1. The number of aromatic nitrogens is 1. The molecule has 1 aromatic carbocycles. The van der Waals surface area contributed by atoms with Crippen LogP contribution < -0.4 is 14.8 Å². The van der Waals surface area contributed by atoms with Gasteiger partial charge in [-0.3, -0.25) is 4.79 Å². The number of benzene rings is 1. The Kier molecular flexibility index (Phi) is 8.43. The molecule has 1 aromatic heterocycles. The van der Waals surface area contributed by atoms with Gasteiger partial charge in [-0.05, 0) is 26.0 Å². The van der Waals surface area contributed by atoms with E-state index in [0.717, 1.165) is 0 Å². The number of nitrogens with one attached hydrogen (secondary N) is 1. The molecule has 2 N–H and O–H groups in total. The molecule has 1 heterocycles. The highest BCUT2D eigenvalue weighted by molar-refractivity contribution is 5.97. The van der Waals surface area contributed by atoms with E-state index in [9.17, 15) is 14.7 Å². The Hall–Kier alpha value is -3.55. The summed E-state index contributed by atoms with van der Waals surface area (Å²) in [6.45, 7) is 8.90. The molecule has 166 valence electrons. The summed E-state index contributed by atoms with van der Waals surface area (Å²) in [4.78, 5) is 28.8. The summed E-state index contributed by atoms with van der Waals surface area (Å²) in [5, 5.41) is 12.5. The highest BCUT2D eigenvalue weighted by atomic mass is 16.6. The monoisotopic (exact) mass is 428 g/mol. The van der Waals surface area contributed by atoms with E-state index in [-0.39, 0.29) is 17.4 Å². The molecule has 4 atom stereocenters. The molecule has 8 nitrogen and oxygen atoms in total. The van der Waals surface area contributed by atoms with Gasteiger partial charge < -0.3 is 24.6 Å². The number of carbonyl (C=O) groups excluding carboxylic acids is 2. The summed E-state index contributed by atoms with van der Waals surface area (Å²) in [6, 6.07) is 9.63. The minimum Gasteiger partial charge on any atom is -0.503 e. The highest BCUT2D eigenvalue weighted by Crippen LogP contribution is 2.27. The highest BCUT2D eigenvalue weighted by Gasteiger charge is 2.30. The summed E-state index contributed by atoms with van der Waals surface area (Å²) in [7, 11) is 1.36. The van der Waals surface area contributed by atoms with Gasteiger partial charge in [-0.25, -0.2) is 9.78 Å². The molecular formula is C23H28N2O6. The minimum absolute atomic E-state index is 0.100. The lowest BCUT2D eigenvalue weighted by atomic mass is 10.0. The maximum absolute atomic E-state index is 12.6. The van der Waals surface area contributed by atoms with E-state index in [1.807, 2.05) is 37.3 Å². The smallest absolute Gasteiger partial charge is 0.328 e. The van der Waals surface area contributed by atoms with Crippen LogP contribution in [0.5, 0.6) is 17.2 Å². The van der Waals surface area contributed by atoms with Crippen LogP contribution in [0, 0.1) is 5.92 Å². The van der Waals surface area contributed by atoms with Crippen molar-refractivity contribution in [1.82, 2.24) is 10.3 Å². The number of methoxy groups -OCH3 is 1. The number of hydrogen-bond donors (Lipinski definition) is 2.